The second kappa shape index (κ2) is 7.85. The predicted molar refractivity (Wildman–Crippen MR) is 108 cm³/mol. The van der Waals surface area contributed by atoms with Crippen LogP contribution >= 0.6 is 11.6 Å². The molecule has 29 heavy (non-hydrogen) atoms. The van der Waals surface area contributed by atoms with E-state index in [1.165, 1.54) is 4.90 Å². The molecular weight excluding hydrogens is 390 g/mol. The van der Waals surface area contributed by atoms with Gasteiger partial charge in [-0.2, -0.15) is 0 Å². The van der Waals surface area contributed by atoms with Crippen LogP contribution in [-0.2, 0) is 16.1 Å². The average molecular weight is 406 g/mol. The molecule has 6 nitrogen and oxygen atoms in total. The Morgan fingerprint density at radius 1 is 1.03 bits per heavy atom. The number of Topliss-reactive ketones (excluding diaryl/α,β-unsaturated/α-hetero) is 1. The lowest BCUT2D eigenvalue weighted by Crippen LogP contribution is -2.29. The number of rotatable bonds is 4. The molecule has 0 saturated carbocycles. The van der Waals surface area contributed by atoms with Gasteiger partial charge in [0.25, 0.3) is 11.7 Å². The largest absolute Gasteiger partial charge is 0.507 e. The van der Waals surface area contributed by atoms with Crippen LogP contribution in [0.4, 0.5) is 0 Å². The van der Waals surface area contributed by atoms with Crippen LogP contribution in [0.25, 0.3) is 5.76 Å². The molecular formula is C22H16ClN3O3. The molecule has 0 aliphatic carbocycles. The summed E-state index contributed by atoms with van der Waals surface area (Å²) >= 11 is 5.92. The number of benzene rings is 1. The molecule has 1 fully saturated rings. The van der Waals surface area contributed by atoms with Crippen LogP contribution in [-0.4, -0.2) is 31.7 Å². The highest BCUT2D eigenvalue weighted by Crippen LogP contribution is 2.39. The number of aromatic nitrogens is 2. The van der Waals surface area contributed by atoms with Gasteiger partial charge in [0.1, 0.15) is 11.8 Å². The Balaban J connectivity index is 1.85. The molecule has 1 atom stereocenters. The molecule has 1 unspecified atom stereocenters. The number of amides is 1. The van der Waals surface area contributed by atoms with Crippen molar-refractivity contribution in [2.75, 3.05) is 0 Å². The molecule has 7 heteroatoms. The number of likely N-dealkylation sites (tertiary alicyclic amines) is 1. The number of nitrogens with zero attached hydrogens (tertiary/aromatic N) is 3. The van der Waals surface area contributed by atoms with E-state index in [4.69, 9.17) is 11.6 Å². The third-order valence-electron chi connectivity index (χ3n) is 4.70. The monoisotopic (exact) mass is 405 g/mol. The van der Waals surface area contributed by atoms with Gasteiger partial charge in [-0.3, -0.25) is 19.6 Å². The van der Waals surface area contributed by atoms with E-state index in [9.17, 15) is 14.7 Å². The molecule has 0 spiro atoms. The van der Waals surface area contributed by atoms with Gasteiger partial charge in [0, 0.05) is 35.7 Å². The number of aliphatic hydroxyl groups excluding tert-OH is 1. The molecule has 0 radical (unpaired) electrons. The minimum Gasteiger partial charge on any atom is -0.507 e. The number of pyridine rings is 2. The van der Waals surface area contributed by atoms with Gasteiger partial charge in [-0.15, -0.1) is 0 Å². The van der Waals surface area contributed by atoms with Gasteiger partial charge >= 0.3 is 0 Å². The van der Waals surface area contributed by atoms with Gasteiger partial charge in [0.05, 0.1) is 11.3 Å². The Labute approximate surface area is 172 Å². The Morgan fingerprint density at radius 2 is 1.83 bits per heavy atom. The van der Waals surface area contributed by atoms with Gasteiger partial charge in [-0.1, -0.05) is 23.7 Å². The van der Waals surface area contributed by atoms with E-state index in [0.717, 1.165) is 5.56 Å². The summed E-state index contributed by atoms with van der Waals surface area (Å²) in [6.45, 7) is 0.164. The highest BCUT2D eigenvalue weighted by Gasteiger charge is 2.46. The molecule has 1 N–H and O–H groups in total. The molecule has 3 heterocycles. The third kappa shape index (κ3) is 3.62. The first-order chi connectivity index (χ1) is 14.1. The summed E-state index contributed by atoms with van der Waals surface area (Å²) in [5.74, 6) is -1.71. The van der Waals surface area contributed by atoms with Crippen LogP contribution in [0.15, 0.2) is 78.8 Å². The number of aliphatic hydroxyl groups is 1. The summed E-state index contributed by atoms with van der Waals surface area (Å²) in [6, 6.07) is 14.4. The summed E-state index contributed by atoms with van der Waals surface area (Å²) in [5.41, 5.74) is 1.66. The van der Waals surface area contributed by atoms with Crippen molar-refractivity contribution in [1.29, 1.82) is 0 Å². The smallest absolute Gasteiger partial charge is 0.296 e. The maximum Gasteiger partial charge on any atom is 0.296 e. The summed E-state index contributed by atoms with van der Waals surface area (Å²) in [7, 11) is 0. The first kappa shape index (κ1) is 18.8. The molecule has 1 aromatic carbocycles. The zero-order valence-corrected chi connectivity index (χ0v) is 16.0. The maximum atomic E-state index is 12.9. The third-order valence-corrected chi connectivity index (χ3v) is 4.95. The van der Waals surface area contributed by atoms with E-state index in [2.05, 4.69) is 9.97 Å². The normalized spacial score (nSPS) is 18.2. The van der Waals surface area contributed by atoms with Gasteiger partial charge in [0.2, 0.25) is 0 Å². The fourth-order valence-corrected chi connectivity index (χ4v) is 3.47. The van der Waals surface area contributed by atoms with E-state index in [1.54, 1.807) is 67.1 Å². The van der Waals surface area contributed by atoms with Gasteiger partial charge in [-0.25, -0.2) is 0 Å². The number of carbonyl (C=O) groups is 2. The fourth-order valence-electron chi connectivity index (χ4n) is 3.34. The molecule has 0 bridgehead atoms. The topological polar surface area (TPSA) is 83.4 Å². The van der Waals surface area contributed by atoms with Crippen molar-refractivity contribution in [3.05, 3.63) is 101 Å². The summed E-state index contributed by atoms with van der Waals surface area (Å²) < 4.78 is 0. The van der Waals surface area contributed by atoms with E-state index in [1.807, 2.05) is 6.07 Å². The summed E-state index contributed by atoms with van der Waals surface area (Å²) in [5, 5.41) is 11.4. The number of hydrogen-bond acceptors (Lipinski definition) is 5. The van der Waals surface area contributed by atoms with Crippen molar-refractivity contribution < 1.29 is 14.7 Å². The van der Waals surface area contributed by atoms with Crippen molar-refractivity contribution in [2.45, 2.75) is 12.6 Å². The number of halogens is 1. The van der Waals surface area contributed by atoms with E-state index in [0.29, 0.717) is 16.3 Å². The highest BCUT2D eigenvalue weighted by molar-refractivity contribution is 6.46. The van der Waals surface area contributed by atoms with Crippen LogP contribution in [0.3, 0.4) is 0 Å². The van der Waals surface area contributed by atoms with Gasteiger partial charge < -0.3 is 10.0 Å². The minimum absolute atomic E-state index is 0.0000808. The van der Waals surface area contributed by atoms with Crippen molar-refractivity contribution in [2.24, 2.45) is 0 Å². The highest BCUT2D eigenvalue weighted by atomic mass is 35.5. The Hall–Kier alpha value is -3.51. The van der Waals surface area contributed by atoms with Crippen molar-refractivity contribution >= 4 is 29.1 Å². The number of hydrogen-bond donors (Lipinski definition) is 1. The van der Waals surface area contributed by atoms with Crippen molar-refractivity contribution in [3.8, 4) is 0 Å². The molecule has 1 aliphatic rings. The number of carbonyl (C=O) groups excluding carboxylic acids is 2. The summed E-state index contributed by atoms with van der Waals surface area (Å²) in [4.78, 5) is 35.6. The maximum absolute atomic E-state index is 12.9. The number of ketones is 1. The van der Waals surface area contributed by atoms with Crippen molar-refractivity contribution in [3.63, 3.8) is 0 Å². The minimum atomic E-state index is -0.813. The summed E-state index contributed by atoms with van der Waals surface area (Å²) in [6.07, 6.45) is 4.85. The molecule has 1 saturated heterocycles. The lowest BCUT2D eigenvalue weighted by atomic mass is 9.98. The van der Waals surface area contributed by atoms with E-state index < -0.39 is 17.7 Å². The molecule has 144 valence electrons. The first-order valence-corrected chi connectivity index (χ1v) is 9.28. The molecule has 2 aromatic heterocycles. The quantitative estimate of drug-likeness (QED) is 0.406. The van der Waals surface area contributed by atoms with Crippen LogP contribution in [0.2, 0.25) is 5.02 Å². The molecule has 1 amide bonds. The Bertz CT molecular complexity index is 1080. The van der Waals surface area contributed by atoms with Crippen LogP contribution in [0, 0.1) is 0 Å². The van der Waals surface area contributed by atoms with Crippen LogP contribution < -0.4 is 0 Å². The molecule has 4 rings (SSSR count). The second-order valence-electron chi connectivity index (χ2n) is 6.55. The van der Waals surface area contributed by atoms with Crippen LogP contribution in [0.5, 0.6) is 0 Å². The SMILES string of the molecule is O=C1C(=O)N(Cc2cccnc2)C(c2ccccn2)/C1=C(\O)c1ccc(Cl)cc1. The predicted octanol–water partition coefficient (Wildman–Crippen LogP) is 3.75. The first-order valence-electron chi connectivity index (χ1n) is 8.90. The zero-order valence-electron chi connectivity index (χ0n) is 15.2. The second-order valence-corrected chi connectivity index (χ2v) is 6.99. The Morgan fingerprint density at radius 3 is 2.48 bits per heavy atom. The standard InChI is InChI=1S/C22H16ClN3O3/c23-16-8-6-15(7-9-16)20(27)18-19(17-5-1-2-11-25-17)26(22(29)21(18)28)13-14-4-3-10-24-12-14/h1-12,19,27H,13H2/b20-18+. The molecule has 1 aliphatic heterocycles. The van der Waals surface area contributed by atoms with Crippen molar-refractivity contribution in [1.82, 2.24) is 14.9 Å². The zero-order chi connectivity index (χ0) is 20.4. The van der Waals surface area contributed by atoms with E-state index in [-0.39, 0.29) is 17.9 Å². The fraction of sp³-hybridized carbons (Fsp3) is 0.0909. The van der Waals surface area contributed by atoms with Crippen LogP contribution in [0.1, 0.15) is 22.9 Å². The van der Waals surface area contributed by atoms with E-state index >= 15 is 0 Å². The van der Waals surface area contributed by atoms with Gasteiger partial charge in [-0.05, 0) is 48.0 Å². The average Bonchev–Trinajstić information content (AvgIpc) is 3.00. The van der Waals surface area contributed by atoms with Gasteiger partial charge in [0.15, 0.2) is 0 Å². The molecule has 3 aromatic rings. The lowest BCUT2D eigenvalue weighted by Gasteiger charge is -2.24. The Kier molecular flexibility index (Phi) is 5.10. The lowest BCUT2D eigenvalue weighted by molar-refractivity contribution is -0.140.